The highest BCUT2D eigenvalue weighted by Crippen LogP contribution is 2.32. The highest BCUT2D eigenvalue weighted by molar-refractivity contribution is 5.94. The normalized spacial score (nSPS) is 15.6. The van der Waals surface area contributed by atoms with Gasteiger partial charge in [-0.25, -0.2) is 14.6 Å². The van der Waals surface area contributed by atoms with Crippen molar-refractivity contribution in [2.45, 2.75) is 65.1 Å². The monoisotopic (exact) mass is 631 g/mol. The fourth-order valence-electron chi connectivity index (χ4n) is 5.87. The van der Waals surface area contributed by atoms with Gasteiger partial charge in [-0.1, -0.05) is 18.2 Å². The number of aromatic nitrogens is 1. The van der Waals surface area contributed by atoms with Gasteiger partial charge in [-0.15, -0.1) is 0 Å². The van der Waals surface area contributed by atoms with Crippen LogP contribution >= 0.6 is 0 Å². The van der Waals surface area contributed by atoms with E-state index in [0.29, 0.717) is 38.0 Å². The molecule has 10 heteroatoms. The average molecular weight is 632 g/mol. The lowest BCUT2D eigenvalue weighted by atomic mass is 9.99. The highest BCUT2D eigenvalue weighted by atomic mass is 16.6. The standard InChI is InChI=1S/C36H45N3O7/c1-6-43-33(40)14-10-26-8-9-27(34-29(26)11-13-32(37-34)42-5)15-18-38-19-16-28(17-20-38)39(35(41)46-36(2,3)4)24-25-7-12-30-31(23-25)45-22-21-44-30/h7-14,23,28H,6,15-22,24H2,1-5H3/b14-10+. The van der Waals surface area contributed by atoms with Gasteiger partial charge in [-0.05, 0) is 87.9 Å². The Morgan fingerprint density at radius 1 is 1.04 bits per heavy atom. The van der Waals surface area contributed by atoms with E-state index in [4.69, 9.17) is 28.7 Å². The fraction of sp³-hybridized carbons (Fsp3) is 0.472. The minimum absolute atomic E-state index is 0.0523. The van der Waals surface area contributed by atoms with E-state index in [2.05, 4.69) is 11.0 Å². The van der Waals surface area contributed by atoms with Crippen LogP contribution in [0.3, 0.4) is 0 Å². The van der Waals surface area contributed by atoms with E-state index in [1.54, 1.807) is 20.1 Å². The smallest absolute Gasteiger partial charge is 0.410 e. The van der Waals surface area contributed by atoms with Crippen molar-refractivity contribution in [3.63, 3.8) is 0 Å². The summed E-state index contributed by atoms with van der Waals surface area (Å²) in [4.78, 5) is 34.4. The van der Waals surface area contributed by atoms with E-state index >= 15 is 0 Å². The lowest BCUT2D eigenvalue weighted by Crippen LogP contribution is -2.48. The number of carbonyl (C=O) groups is 2. The molecule has 2 aromatic carbocycles. The number of pyridine rings is 1. The van der Waals surface area contributed by atoms with Crippen molar-refractivity contribution in [3.8, 4) is 17.4 Å². The Bertz CT molecular complexity index is 1560. The number of ether oxygens (including phenoxy) is 5. The van der Waals surface area contributed by atoms with Gasteiger partial charge < -0.3 is 33.5 Å². The zero-order chi connectivity index (χ0) is 32.7. The topological polar surface area (TPSA) is 99.7 Å². The highest BCUT2D eigenvalue weighted by Gasteiger charge is 2.31. The molecule has 2 aliphatic rings. The number of hydrogen-bond donors (Lipinski definition) is 0. The molecule has 2 aliphatic heterocycles. The van der Waals surface area contributed by atoms with Crippen LogP contribution < -0.4 is 14.2 Å². The zero-order valence-electron chi connectivity index (χ0n) is 27.5. The summed E-state index contributed by atoms with van der Waals surface area (Å²) in [6, 6.07) is 13.8. The average Bonchev–Trinajstić information content (AvgIpc) is 3.04. The van der Waals surface area contributed by atoms with Crippen molar-refractivity contribution in [2.24, 2.45) is 0 Å². The maximum absolute atomic E-state index is 13.5. The first-order valence-electron chi connectivity index (χ1n) is 16.1. The van der Waals surface area contributed by atoms with Gasteiger partial charge in [-0.3, -0.25) is 0 Å². The number of amides is 1. The number of piperidine rings is 1. The molecule has 0 spiro atoms. The molecule has 0 unspecified atom stereocenters. The van der Waals surface area contributed by atoms with Crippen LogP contribution in [0.15, 0.2) is 48.5 Å². The summed E-state index contributed by atoms with van der Waals surface area (Å²) in [5.74, 6) is 1.61. The van der Waals surface area contributed by atoms with Gasteiger partial charge in [0.05, 0.1) is 19.2 Å². The number of methoxy groups -OCH3 is 1. The first kappa shape index (κ1) is 33.1. The molecule has 0 bridgehead atoms. The van der Waals surface area contributed by atoms with Crippen LogP contribution in [0, 0.1) is 0 Å². The SMILES string of the molecule is CCOC(=O)/C=C/c1ccc(CCN2CCC(N(Cc3ccc4c(c3)OCCO4)C(=O)OC(C)(C)C)CC2)c2nc(OC)ccc12. The summed E-state index contributed by atoms with van der Waals surface area (Å²) >= 11 is 0. The summed E-state index contributed by atoms with van der Waals surface area (Å²) in [6.45, 7) is 11.9. The van der Waals surface area contributed by atoms with Gasteiger partial charge in [0.2, 0.25) is 5.88 Å². The van der Waals surface area contributed by atoms with E-state index in [0.717, 1.165) is 72.2 Å². The second-order valence-electron chi connectivity index (χ2n) is 12.6. The summed E-state index contributed by atoms with van der Waals surface area (Å²) in [5.41, 5.74) is 3.25. The number of carbonyl (C=O) groups excluding carboxylic acids is 2. The van der Waals surface area contributed by atoms with Gasteiger partial charge in [0.15, 0.2) is 11.5 Å². The predicted molar refractivity (Wildman–Crippen MR) is 176 cm³/mol. The number of nitrogens with zero attached hydrogens (tertiary/aromatic N) is 3. The van der Waals surface area contributed by atoms with Crippen LogP contribution in [0.25, 0.3) is 17.0 Å². The van der Waals surface area contributed by atoms with Crippen LogP contribution in [0.5, 0.6) is 17.4 Å². The summed E-state index contributed by atoms with van der Waals surface area (Å²) in [7, 11) is 1.61. The van der Waals surface area contributed by atoms with Crippen LogP contribution in [0.4, 0.5) is 4.79 Å². The summed E-state index contributed by atoms with van der Waals surface area (Å²) in [5, 5.41) is 0.949. The van der Waals surface area contributed by atoms with E-state index < -0.39 is 5.60 Å². The lowest BCUT2D eigenvalue weighted by Gasteiger charge is -2.39. The number of hydrogen-bond acceptors (Lipinski definition) is 9. The molecule has 1 aromatic heterocycles. The molecule has 0 radical (unpaired) electrons. The van der Waals surface area contributed by atoms with Crippen molar-refractivity contribution in [3.05, 3.63) is 65.2 Å². The zero-order valence-corrected chi connectivity index (χ0v) is 27.5. The van der Waals surface area contributed by atoms with Crippen LogP contribution in [-0.4, -0.2) is 85.1 Å². The van der Waals surface area contributed by atoms with Crippen LogP contribution in [-0.2, 0) is 27.2 Å². The molecule has 3 heterocycles. The van der Waals surface area contributed by atoms with Gasteiger partial charge in [0, 0.05) is 49.7 Å². The van der Waals surface area contributed by atoms with Gasteiger partial charge in [0.1, 0.15) is 18.8 Å². The second kappa shape index (κ2) is 14.9. The Kier molecular flexibility index (Phi) is 10.7. The quantitative estimate of drug-likeness (QED) is 0.196. The molecule has 0 N–H and O–H groups in total. The molecular weight excluding hydrogens is 586 g/mol. The van der Waals surface area contributed by atoms with E-state index in [1.807, 2.05) is 62.1 Å². The maximum Gasteiger partial charge on any atom is 0.410 e. The minimum atomic E-state index is -0.591. The Hall–Kier alpha value is -4.31. The van der Waals surface area contributed by atoms with Crippen LogP contribution in [0.1, 0.15) is 57.2 Å². The summed E-state index contributed by atoms with van der Waals surface area (Å²) in [6.07, 6.45) is 5.40. The van der Waals surface area contributed by atoms with E-state index in [1.165, 1.54) is 6.08 Å². The molecule has 5 rings (SSSR count). The van der Waals surface area contributed by atoms with E-state index in [-0.39, 0.29) is 18.1 Å². The van der Waals surface area contributed by atoms with Crippen LogP contribution in [0.2, 0.25) is 0 Å². The first-order valence-corrected chi connectivity index (χ1v) is 16.1. The Morgan fingerprint density at radius 3 is 2.52 bits per heavy atom. The Labute approximate surface area is 271 Å². The number of likely N-dealkylation sites (tertiary alicyclic amines) is 1. The molecule has 3 aromatic rings. The molecular formula is C36H45N3O7. The summed E-state index contributed by atoms with van der Waals surface area (Å²) < 4.78 is 27.8. The largest absolute Gasteiger partial charge is 0.486 e. The van der Waals surface area contributed by atoms with Crippen molar-refractivity contribution in [1.82, 2.24) is 14.8 Å². The third-order valence-corrected chi connectivity index (χ3v) is 8.13. The first-order chi connectivity index (χ1) is 22.1. The van der Waals surface area contributed by atoms with Crippen molar-refractivity contribution in [1.29, 1.82) is 0 Å². The molecule has 246 valence electrons. The molecule has 0 saturated carbocycles. The van der Waals surface area contributed by atoms with Crippen molar-refractivity contribution in [2.75, 3.05) is 46.6 Å². The molecule has 1 amide bonds. The van der Waals surface area contributed by atoms with Gasteiger partial charge in [-0.2, -0.15) is 0 Å². The molecule has 0 aliphatic carbocycles. The van der Waals surface area contributed by atoms with E-state index in [9.17, 15) is 9.59 Å². The molecule has 1 saturated heterocycles. The Morgan fingerprint density at radius 2 is 1.80 bits per heavy atom. The van der Waals surface area contributed by atoms with Crippen molar-refractivity contribution < 1.29 is 33.3 Å². The number of rotatable bonds is 10. The predicted octanol–water partition coefficient (Wildman–Crippen LogP) is 6.04. The van der Waals surface area contributed by atoms with Gasteiger partial charge >= 0.3 is 12.1 Å². The van der Waals surface area contributed by atoms with Crippen molar-refractivity contribution >= 4 is 29.0 Å². The maximum atomic E-state index is 13.5. The lowest BCUT2D eigenvalue weighted by molar-refractivity contribution is -0.137. The number of fused-ring (bicyclic) bond motifs is 2. The second-order valence-corrected chi connectivity index (χ2v) is 12.6. The third kappa shape index (κ3) is 8.48. The fourth-order valence-corrected chi connectivity index (χ4v) is 5.87. The minimum Gasteiger partial charge on any atom is -0.486 e. The molecule has 10 nitrogen and oxygen atoms in total. The molecule has 0 atom stereocenters. The van der Waals surface area contributed by atoms with Gasteiger partial charge in [0.25, 0.3) is 0 Å². The third-order valence-electron chi connectivity index (χ3n) is 8.13. The molecule has 46 heavy (non-hydrogen) atoms. The number of benzene rings is 2. The molecule has 1 fully saturated rings. The number of esters is 1. The Balaban J connectivity index is 1.26.